The number of nitriles is 1. The summed E-state index contributed by atoms with van der Waals surface area (Å²) in [5.74, 6) is 0.463. The largest absolute Gasteiger partial charge is 0.494 e. The van der Waals surface area contributed by atoms with E-state index in [1.165, 1.54) is 11.3 Å². The summed E-state index contributed by atoms with van der Waals surface area (Å²) < 4.78 is 10.8. The highest BCUT2D eigenvalue weighted by Crippen LogP contribution is 2.38. The lowest BCUT2D eigenvalue weighted by atomic mass is 9.96. The lowest BCUT2D eigenvalue weighted by Crippen LogP contribution is -2.03. The third-order valence-electron chi connectivity index (χ3n) is 6.14. The molecule has 1 aromatic heterocycles. The predicted octanol–water partition coefficient (Wildman–Crippen LogP) is 8.24. The second kappa shape index (κ2) is 12.9. The molecule has 4 rings (SSSR count). The molecule has 0 aliphatic heterocycles. The molecule has 0 radical (unpaired) electrons. The minimum atomic E-state index is -0.359. The van der Waals surface area contributed by atoms with Gasteiger partial charge in [-0.3, -0.25) is 0 Å². The number of hydrogen-bond donors (Lipinski definition) is 0. The van der Waals surface area contributed by atoms with Crippen molar-refractivity contribution < 1.29 is 14.3 Å². The average molecular weight is 527 g/mol. The zero-order chi connectivity index (χ0) is 26.9. The summed E-state index contributed by atoms with van der Waals surface area (Å²) in [4.78, 5) is 17.4. The van der Waals surface area contributed by atoms with Crippen molar-refractivity contribution >= 4 is 39.8 Å². The molecule has 0 spiro atoms. The number of allylic oxidation sites excluding steroid dienone is 3. The number of hydrogen-bond acceptors (Lipinski definition) is 8. The lowest BCUT2D eigenvalue weighted by Gasteiger charge is -2.09. The van der Waals surface area contributed by atoms with E-state index in [9.17, 15) is 10.1 Å². The van der Waals surface area contributed by atoms with Gasteiger partial charge in [0.25, 0.3) is 0 Å². The standard InChI is InChI=1S/C30H30N4O3S/c1-4-6-7-16-37-25-14-10-21(11-15-25)26(19-31)20(3)23-17-27-28(18-23)38-30(32-27)34-33-24-12-8-22(9-13-24)29(35)36-5-2/h8-15,18H,4-7,16-17H2,1-3H3/b26-20+,34-33?. The minimum absolute atomic E-state index is 0.333. The first kappa shape index (κ1) is 27.0. The topological polar surface area (TPSA) is 96.9 Å². The van der Waals surface area contributed by atoms with Crippen LogP contribution in [0.5, 0.6) is 5.75 Å². The summed E-state index contributed by atoms with van der Waals surface area (Å²) in [6.07, 6.45) is 6.09. The molecule has 194 valence electrons. The van der Waals surface area contributed by atoms with Gasteiger partial charge in [0.2, 0.25) is 5.13 Å². The van der Waals surface area contributed by atoms with Crippen molar-refractivity contribution in [2.24, 2.45) is 10.2 Å². The van der Waals surface area contributed by atoms with E-state index in [2.05, 4.69) is 34.3 Å². The number of unbranched alkanes of at least 4 members (excludes halogenated alkanes) is 2. The van der Waals surface area contributed by atoms with Gasteiger partial charge in [-0.2, -0.15) is 5.26 Å². The summed E-state index contributed by atoms with van der Waals surface area (Å²) in [6.45, 7) is 6.97. The number of benzene rings is 2. The number of esters is 1. The zero-order valence-corrected chi connectivity index (χ0v) is 22.7. The van der Waals surface area contributed by atoms with Gasteiger partial charge < -0.3 is 9.47 Å². The fraction of sp³-hybridized carbons (Fsp3) is 0.300. The first-order valence-corrected chi connectivity index (χ1v) is 13.6. The van der Waals surface area contributed by atoms with E-state index < -0.39 is 0 Å². The second-order valence-corrected chi connectivity index (χ2v) is 9.82. The van der Waals surface area contributed by atoms with Crippen LogP contribution in [0.3, 0.4) is 0 Å². The highest BCUT2D eigenvalue weighted by molar-refractivity contribution is 7.16. The maximum absolute atomic E-state index is 11.8. The molecule has 7 nitrogen and oxygen atoms in total. The maximum Gasteiger partial charge on any atom is 0.338 e. The Labute approximate surface area is 227 Å². The monoisotopic (exact) mass is 526 g/mol. The molecular weight excluding hydrogens is 496 g/mol. The van der Waals surface area contributed by atoms with Crippen LogP contribution in [-0.4, -0.2) is 24.2 Å². The van der Waals surface area contributed by atoms with E-state index in [0.29, 0.717) is 41.6 Å². The van der Waals surface area contributed by atoms with E-state index in [1.807, 2.05) is 31.2 Å². The van der Waals surface area contributed by atoms with Crippen molar-refractivity contribution in [3.8, 4) is 11.8 Å². The molecule has 0 atom stereocenters. The Morgan fingerprint density at radius 2 is 1.79 bits per heavy atom. The summed E-state index contributed by atoms with van der Waals surface area (Å²) in [5.41, 5.74) is 5.58. The van der Waals surface area contributed by atoms with Gasteiger partial charge in [0.15, 0.2) is 0 Å². The summed E-state index contributed by atoms with van der Waals surface area (Å²) >= 11 is 1.46. The van der Waals surface area contributed by atoms with Crippen molar-refractivity contribution in [2.75, 3.05) is 13.2 Å². The fourth-order valence-electron chi connectivity index (χ4n) is 4.03. The lowest BCUT2D eigenvalue weighted by molar-refractivity contribution is 0.0526. The summed E-state index contributed by atoms with van der Waals surface area (Å²) in [7, 11) is 0. The van der Waals surface area contributed by atoms with Crippen LogP contribution in [0, 0.1) is 11.3 Å². The highest BCUT2D eigenvalue weighted by atomic mass is 32.1. The molecule has 0 saturated carbocycles. The third-order valence-corrected chi connectivity index (χ3v) is 7.07. The highest BCUT2D eigenvalue weighted by Gasteiger charge is 2.21. The number of carbonyl (C=O) groups is 1. The van der Waals surface area contributed by atoms with E-state index >= 15 is 0 Å². The van der Waals surface area contributed by atoms with Crippen molar-refractivity contribution in [3.05, 3.63) is 81.4 Å². The molecule has 1 heterocycles. The van der Waals surface area contributed by atoms with Gasteiger partial charge in [-0.25, -0.2) is 9.78 Å². The Kier molecular flexibility index (Phi) is 9.17. The van der Waals surface area contributed by atoms with Gasteiger partial charge in [0.05, 0.1) is 40.6 Å². The van der Waals surface area contributed by atoms with Crippen LogP contribution in [0.25, 0.3) is 11.6 Å². The van der Waals surface area contributed by atoms with Gasteiger partial charge in [0, 0.05) is 6.42 Å². The first-order chi connectivity index (χ1) is 18.5. The maximum atomic E-state index is 11.8. The van der Waals surface area contributed by atoms with E-state index in [-0.39, 0.29) is 5.97 Å². The van der Waals surface area contributed by atoms with Crippen molar-refractivity contribution in [1.82, 2.24) is 4.98 Å². The number of aromatic nitrogens is 1. The van der Waals surface area contributed by atoms with Gasteiger partial charge in [-0.05, 0) is 91.6 Å². The van der Waals surface area contributed by atoms with Crippen molar-refractivity contribution in [3.63, 3.8) is 0 Å². The quantitative estimate of drug-likeness (QED) is 0.108. The molecule has 0 amide bonds. The Bertz CT molecular complexity index is 1410. The third kappa shape index (κ3) is 6.61. The molecule has 2 aromatic carbocycles. The number of nitrogens with zero attached hydrogens (tertiary/aromatic N) is 4. The second-order valence-electron chi connectivity index (χ2n) is 8.81. The smallest absolute Gasteiger partial charge is 0.338 e. The molecule has 0 N–H and O–H groups in total. The number of ether oxygens (including phenoxy) is 2. The summed E-state index contributed by atoms with van der Waals surface area (Å²) in [5, 5.41) is 19.0. The van der Waals surface area contributed by atoms with Crippen LogP contribution in [0.2, 0.25) is 0 Å². The van der Waals surface area contributed by atoms with E-state index in [0.717, 1.165) is 52.3 Å². The molecule has 1 aliphatic rings. The van der Waals surface area contributed by atoms with Crippen LogP contribution < -0.4 is 4.74 Å². The summed E-state index contributed by atoms with van der Waals surface area (Å²) in [6, 6.07) is 16.9. The number of thiazole rings is 1. The van der Waals surface area contributed by atoms with E-state index in [4.69, 9.17) is 9.47 Å². The number of azo groups is 1. The molecule has 0 saturated heterocycles. The number of rotatable bonds is 11. The van der Waals surface area contributed by atoms with Crippen LogP contribution in [0.1, 0.15) is 66.5 Å². The van der Waals surface area contributed by atoms with Crippen molar-refractivity contribution in [2.45, 2.75) is 46.5 Å². The van der Waals surface area contributed by atoms with Gasteiger partial charge in [-0.1, -0.05) is 31.1 Å². The number of carbonyl (C=O) groups excluding carboxylic acids is 1. The Morgan fingerprint density at radius 1 is 1.05 bits per heavy atom. The van der Waals surface area contributed by atoms with Crippen LogP contribution in [-0.2, 0) is 11.2 Å². The Balaban J connectivity index is 1.43. The first-order valence-electron chi connectivity index (χ1n) is 12.8. The Hall–Kier alpha value is -4.09. The van der Waals surface area contributed by atoms with Crippen LogP contribution in [0.4, 0.5) is 10.8 Å². The van der Waals surface area contributed by atoms with Gasteiger partial charge in [0.1, 0.15) is 11.8 Å². The molecule has 3 aromatic rings. The molecule has 1 aliphatic carbocycles. The minimum Gasteiger partial charge on any atom is -0.494 e. The molecular formula is C30H30N4O3S. The number of fused-ring (bicyclic) bond motifs is 1. The van der Waals surface area contributed by atoms with Crippen molar-refractivity contribution in [1.29, 1.82) is 5.26 Å². The molecule has 38 heavy (non-hydrogen) atoms. The fourth-order valence-corrected chi connectivity index (χ4v) is 4.90. The Morgan fingerprint density at radius 3 is 2.45 bits per heavy atom. The normalized spacial score (nSPS) is 13.1. The van der Waals surface area contributed by atoms with Gasteiger partial charge >= 0.3 is 5.97 Å². The van der Waals surface area contributed by atoms with E-state index in [1.54, 1.807) is 31.2 Å². The SMILES string of the molecule is CCCCCOc1ccc(/C(C#N)=C(\C)C2=Cc3sc(N=Nc4ccc(C(=O)OCC)cc4)nc3C2)cc1. The molecule has 8 heteroatoms. The average Bonchev–Trinajstić information content (AvgIpc) is 3.51. The van der Waals surface area contributed by atoms with Crippen LogP contribution in [0.15, 0.2) is 69.9 Å². The molecule has 0 fully saturated rings. The molecule has 0 unspecified atom stereocenters. The zero-order valence-electron chi connectivity index (χ0n) is 21.9. The van der Waals surface area contributed by atoms with Crippen LogP contribution >= 0.6 is 11.3 Å². The van der Waals surface area contributed by atoms with Gasteiger partial charge in [-0.15, -0.1) is 10.2 Å². The molecule has 0 bridgehead atoms. The predicted molar refractivity (Wildman–Crippen MR) is 150 cm³/mol.